The van der Waals surface area contributed by atoms with Gasteiger partial charge in [0, 0.05) is 30.9 Å². The van der Waals surface area contributed by atoms with Crippen LogP contribution in [0.1, 0.15) is 56.7 Å². The lowest BCUT2D eigenvalue weighted by Crippen LogP contribution is -2.50. The summed E-state index contributed by atoms with van der Waals surface area (Å²) in [7, 11) is 0. The molecule has 2 fully saturated rings. The first-order chi connectivity index (χ1) is 15.9. The summed E-state index contributed by atoms with van der Waals surface area (Å²) >= 11 is 0. The van der Waals surface area contributed by atoms with Gasteiger partial charge in [0.15, 0.2) is 0 Å². The van der Waals surface area contributed by atoms with Crippen molar-refractivity contribution in [3.8, 4) is 11.3 Å². The van der Waals surface area contributed by atoms with Crippen molar-refractivity contribution >= 4 is 5.82 Å². The number of rotatable bonds is 3. The van der Waals surface area contributed by atoms with E-state index in [-0.39, 0.29) is 22.1 Å². The van der Waals surface area contributed by atoms with Crippen LogP contribution in [0.25, 0.3) is 11.3 Å². The molecule has 1 saturated carbocycles. The van der Waals surface area contributed by atoms with Crippen molar-refractivity contribution in [1.29, 1.82) is 0 Å². The molecule has 1 aromatic carbocycles. The van der Waals surface area contributed by atoms with Crippen molar-refractivity contribution in [2.24, 2.45) is 11.3 Å². The Labute approximate surface area is 192 Å². The first-order valence-electron chi connectivity index (χ1n) is 11.8. The molecule has 2 aromatic heterocycles. The van der Waals surface area contributed by atoms with Gasteiger partial charge in [-0.05, 0) is 66.7 Å². The average molecular weight is 448 g/mol. The molecule has 1 saturated heterocycles. The van der Waals surface area contributed by atoms with Gasteiger partial charge in [-0.25, -0.2) is 13.8 Å². The molecule has 2 bridgehead atoms. The van der Waals surface area contributed by atoms with Crippen molar-refractivity contribution in [2.75, 3.05) is 18.0 Å². The molecule has 5 nitrogen and oxygen atoms in total. The van der Waals surface area contributed by atoms with Crippen LogP contribution in [0.15, 0.2) is 42.9 Å². The zero-order valence-electron chi connectivity index (χ0n) is 18.9. The number of aromatic nitrogens is 4. The van der Waals surface area contributed by atoms with Crippen LogP contribution in [-0.2, 0) is 5.41 Å². The van der Waals surface area contributed by atoms with E-state index in [1.807, 2.05) is 12.3 Å². The van der Waals surface area contributed by atoms with Gasteiger partial charge in [-0.3, -0.25) is 4.98 Å². The fraction of sp³-hybridized carbons (Fsp3) is 0.462. The highest BCUT2D eigenvalue weighted by molar-refractivity contribution is 5.63. The molecule has 7 heteroatoms. The predicted octanol–water partition coefficient (Wildman–Crippen LogP) is 5.28. The molecular weight excluding hydrogens is 420 g/mol. The van der Waals surface area contributed by atoms with Gasteiger partial charge in [0.2, 0.25) is 0 Å². The highest BCUT2D eigenvalue weighted by Gasteiger charge is 2.66. The normalized spacial score (nSPS) is 27.6. The van der Waals surface area contributed by atoms with E-state index in [2.05, 4.69) is 33.8 Å². The van der Waals surface area contributed by atoms with Crippen LogP contribution in [-0.4, -0.2) is 33.3 Å². The topological polar surface area (TPSA) is 54.8 Å². The molecule has 33 heavy (non-hydrogen) atoms. The van der Waals surface area contributed by atoms with Crippen molar-refractivity contribution < 1.29 is 8.78 Å². The van der Waals surface area contributed by atoms with E-state index in [0.717, 1.165) is 55.8 Å². The van der Waals surface area contributed by atoms with Crippen LogP contribution < -0.4 is 4.90 Å². The molecule has 3 aromatic rings. The summed E-state index contributed by atoms with van der Waals surface area (Å²) in [4.78, 5) is 11.1. The summed E-state index contributed by atoms with van der Waals surface area (Å²) in [5.74, 6) is 0.422. The van der Waals surface area contributed by atoms with Crippen LogP contribution >= 0.6 is 0 Å². The Balaban J connectivity index is 1.43. The first kappa shape index (κ1) is 20.6. The Morgan fingerprint density at radius 1 is 1.06 bits per heavy atom. The molecule has 2 aliphatic carbocycles. The lowest BCUT2D eigenvalue weighted by Gasteiger charge is -2.48. The van der Waals surface area contributed by atoms with Gasteiger partial charge < -0.3 is 4.90 Å². The van der Waals surface area contributed by atoms with Gasteiger partial charge in [-0.2, -0.15) is 10.2 Å². The molecule has 0 N–H and O–H groups in total. The monoisotopic (exact) mass is 447 g/mol. The molecule has 0 radical (unpaired) electrons. The number of benzene rings is 1. The van der Waals surface area contributed by atoms with Gasteiger partial charge in [0.25, 0.3) is 0 Å². The van der Waals surface area contributed by atoms with Crippen LogP contribution in [0, 0.1) is 23.0 Å². The third-order valence-electron chi connectivity index (χ3n) is 8.68. The molecule has 3 aliphatic rings. The number of anilines is 1. The van der Waals surface area contributed by atoms with Crippen LogP contribution in [0.3, 0.4) is 0 Å². The second-order valence-electron chi connectivity index (χ2n) is 10.3. The quantitative estimate of drug-likeness (QED) is 0.547. The van der Waals surface area contributed by atoms with Crippen molar-refractivity contribution in [3.05, 3.63) is 65.7 Å². The van der Waals surface area contributed by atoms with E-state index in [9.17, 15) is 8.78 Å². The maximum absolute atomic E-state index is 14.5. The summed E-state index contributed by atoms with van der Waals surface area (Å²) in [6, 6.07) is 5.82. The van der Waals surface area contributed by atoms with Gasteiger partial charge in [0.05, 0.1) is 23.1 Å². The maximum atomic E-state index is 14.5. The largest absolute Gasteiger partial charge is 0.355 e. The smallest absolute Gasteiger partial charge is 0.147 e. The zero-order chi connectivity index (χ0) is 22.8. The van der Waals surface area contributed by atoms with E-state index in [0.29, 0.717) is 11.8 Å². The second kappa shape index (κ2) is 7.27. The van der Waals surface area contributed by atoms with Gasteiger partial charge in [0.1, 0.15) is 17.5 Å². The van der Waals surface area contributed by atoms with Crippen LogP contribution in [0.2, 0.25) is 0 Å². The molecule has 1 unspecified atom stereocenters. The summed E-state index contributed by atoms with van der Waals surface area (Å²) in [6.45, 7) is 6.56. The average Bonchev–Trinajstić information content (AvgIpc) is 3.21. The minimum atomic E-state index is -0.603. The van der Waals surface area contributed by atoms with Crippen LogP contribution in [0.5, 0.6) is 0 Å². The Morgan fingerprint density at radius 3 is 2.64 bits per heavy atom. The zero-order valence-corrected chi connectivity index (χ0v) is 18.9. The lowest BCUT2D eigenvalue weighted by atomic mass is 9.59. The number of hydrogen-bond donors (Lipinski definition) is 0. The number of nitrogens with zero attached hydrogens (tertiary/aromatic N) is 5. The summed E-state index contributed by atoms with van der Waals surface area (Å²) in [6.07, 6.45) is 9.62. The van der Waals surface area contributed by atoms with E-state index >= 15 is 0 Å². The number of hydrogen-bond acceptors (Lipinski definition) is 5. The molecule has 0 amide bonds. The molecule has 3 heterocycles. The van der Waals surface area contributed by atoms with Gasteiger partial charge in [-0.1, -0.05) is 19.9 Å². The minimum absolute atomic E-state index is 0.00748. The van der Waals surface area contributed by atoms with E-state index < -0.39 is 11.6 Å². The van der Waals surface area contributed by atoms with E-state index in [1.54, 1.807) is 12.4 Å². The molecule has 6 rings (SSSR count). The standard InChI is InChI=1S/C26H27F2N5/c1-25(2)18-8-9-26(25,16-5-4-12-33(15-16)22-14-29-10-11-30-22)24-17(18)13-21(31-32-24)23-19(27)6-3-7-20(23)28/h3,6-7,10-11,13-14,16,18H,4-5,8-9,12,15H2,1-2H3/t16-,18-,26?/m0/s1. The van der Waals surface area contributed by atoms with Gasteiger partial charge in [-0.15, -0.1) is 0 Å². The lowest BCUT2D eigenvalue weighted by molar-refractivity contribution is 0.112. The number of halogens is 2. The molecular formula is C26H27F2N5. The molecule has 3 atom stereocenters. The van der Waals surface area contributed by atoms with Crippen molar-refractivity contribution in [1.82, 2.24) is 20.2 Å². The highest BCUT2D eigenvalue weighted by atomic mass is 19.1. The molecule has 170 valence electrons. The Hall–Kier alpha value is -2.96. The first-order valence-corrected chi connectivity index (χ1v) is 11.8. The Kier molecular flexibility index (Phi) is 4.55. The summed E-state index contributed by atoms with van der Waals surface area (Å²) in [5.41, 5.74) is 2.24. The van der Waals surface area contributed by atoms with E-state index in [1.165, 1.54) is 18.2 Å². The second-order valence-corrected chi connectivity index (χ2v) is 10.3. The maximum Gasteiger partial charge on any atom is 0.147 e. The number of piperidine rings is 1. The summed E-state index contributed by atoms with van der Waals surface area (Å²) < 4.78 is 28.9. The summed E-state index contributed by atoms with van der Waals surface area (Å²) in [5, 5.41) is 9.09. The van der Waals surface area contributed by atoms with Gasteiger partial charge >= 0.3 is 0 Å². The van der Waals surface area contributed by atoms with Crippen molar-refractivity contribution in [3.63, 3.8) is 0 Å². The fourth-order valence-corrected chi connectivity index (χ4v) is 7.18. The minimum Gasteiger partial charge on any atom is -0.355 e. The van der Waals surface area contributed by atoms with Crippen molar-refractivity contribution in [2.45, 2.75) is 50.9 Å². The SMILES string of the molecule is CC1(C)[C@H]2CCC1([C@H]1CCCN(c3cnccn3)C1)c1nnc(-c3c(F)cccc3F)cc12. The predicted molar refractivity (Wildman–Crippen MR) is 122 cm³/mol. The third-order valence-corrected chi connectivity index (χ3v) is 8.68. The van der Waals surface area contributed by atoms with E-state index in [4.69, 9.17) is 5.10 Å². The molecule has 0 spiro atoms. The van der Waals surface area contributed by atoms with Crippen LogP contribution in [0.4, 0.5) is 14.6 Å². The number of fused-ring (bicyclic) bond motifs is 5. The third kappa shape index (κ3) is 2.80. The highest BCUT2D eigenvalue weighted by Crippen LogP contribution is 2.70. The molecule has 1 aliphatic heterocycles. The Bertz CT molecular complexity index is 1190. The fourth-order valence-electron chi connectivity index (χ4n) is 7.18. The Morgan fingerprint density at radius 2 is 1.88 bits per heavy atom.